The van der Waals surface area contributed by atoms with Gasteiger partial charge in [0.25, 0.3) is 0 Å². The van der Waals surface area contributed by atoms with E-state index < -0.39 is 14.1 Å². The summed E-state index contributed by atoms with van der Waals surface area (Å²) >= 11 is 0. The lowest BCUT2D eigenvalue weighted by molar-refractivity contribution is -0.234. The van der Waals surface area contributed by atoms with E-state index in [9.17, 15) is 0 Å². The van der Waals surface area contributed by atoms with Crippen LogP contribution >= 0.6 is 0 Å². The number of benzene rings is 1. The first kappa shape index (κ1) is 15.0. The van der Waals surface area contributed by atoms with Crippen molar-refractivity contribution in [3.05, 3.63) is 35.9 Å². The fourth-order valence-corrected chi connectivity index (χ4v) is 7.71. The van der Waals surface area contributed by atoms with Gasteiger partial charge in [0.2, 0.25) is 0 Å². The van der Waals surface area contributed by atoms with Crippen LogP contribution in [0.2, 0.25) is 19.1 Å². The molecule has 1 aromatic rings. The average molecular weight is 295 g/mol. The minimum atomic E-state index is -1.68. The van der Waals surface area contributed by atoms with Crippen molar-refractivity contribution in [1.82, 2.24) is 0 Å². The van der Waals surface area contributed by atoms with E-state index >= 15 is 0 Å². The highest BCUT2D eigenvalue weighted by Crippen LogP contribution is 2.55. The molecule has 0 amide bonds. The molecule has 1 aliphatic rings. The second kappa shape index (κ2) is 4.84. The maximum atomic E-state index is 6.63. The first-order valence-electron chi connectivity index (χ1n) is 7.06. The summed E-state index contributed by atoms with van der Waals surface area (Å²) in [4.78, 5) is 0. The van der Waals surface area contributed by atoms with Crippen LogP contribution < -0.4 is 0 Å². The van der Waals surface area contributed by atoms with Gasteiger partial charge in [-0.05, 0) is 25.1 Å². The van der Waals surface area contributed by atoms with Crippen LogP contribution in [0.3, 0.4) is 0 Å². The van der Waals surface area contributed by atoms with Crippen molar-refractivity contribution in [2.45, 2.75) is 45.7 Å². The molecule has 2 atom stereocenters. The molecule has 1 saturated heterocycles. The lowest BCUT2D eigenvalue weighted by Crippen LogP contribution is -2.60. The summed E-state index contributed by atoms with van der Waals surface area (Å²) in [5.74, 6) is 0.0329. The highest BCUT2D eigenvalue weighted by Gasteiger charge is 2.57. The Morgan fingerprint density at radius 1 is 1.26 bits per heavy atom. The van der Waals surface area contributed by atoms with E-state index in [1.54, 1.807) is 0 Å². The highest BCUT2D eigenvalue weighted by molar-refractivity contribution is 6.71. The third kappa shape index (κ3) is 2.35. The largest absolute Gasteiger partial charge is 0.398 e. The van der Waals surface area contributed by atoms with Crippen LogP contribution in [0.25, 0.3) is 0 Å². The van der Waals surface area contributed by atoms with E-state index in [1.165, 1.54) is 11.6 Å². The Morgan fingerprint density at radius 2 is 1.84 bits per heavy atom. The van der Waals surface area contributed by atoms with E-state index in [-0.39, 0.29) is 5.41 Å². The predicted octanol–water partition coefficient (Wildman–Crippen LogP) is 3.03. The van der Waals surface area contributed by atoms with E-state index in [1.807, 2.05) is 6.07 Å². The lowest BCUT2D eigenvalue weighted by atomic mass is 9.71. The van der Waals surface area contributed by atoms with Crippen LogP contribution in [0.15, 0.2) is 30.3 Å². The zero-order valence-electron chi connectivity index (χ0n) is 13.0. The van der Waals surface area contributed by atoms with E-state index in [0.717, 1.165) is 0 Å². The van der Waals surface area contributed by atoms with Crippen molar-refractivity contribution >= 4 is 18.8 Å². The normalized spacial score (nSPS) is 33.2. The topological polar surface area (TPSA) is 18.5 Å². The molecule has 0 spiro atoms. The molecule has 1 aromatic carbocycles. The fourth-order valence-electron chi connectivity index (χ4n) is 3.39. The molecule has 0 aliphatic carbocycles. The molecule has 0 saturated carbocycles. The Kier molecular flexibility index (Phi) is 3.82. The minimum absolute atomic E-state index is 0.0153. The van der Waals surface area contributed by atoms with Gasteiger partial charge < -0.3 is 8.85 Å². The number of hydrogen-bond donors (Lipinski definition) is 0. The zero-order chi connectivity index (χ0) is 14.3. The van der Waals surface area contributed by atoms with Crippen LogP contribution in [0.4, 0.5) is 0 Å². The summed E-state index contributed by atoms with van der Waals surface area (Å²) in [5.41, 5.74) is 1.15. The molecule has 106 valence electrons. The molecule has 2 rings (SSSR count). The van der Waals surface area contributed by atoms with Crippen molar-refractivity contribution in [1.29, 1.82) is 0 Å². The molecule has 1 aliphatic heterocycles. The Hall–Kier alpha value is -0.426. The second-order valence-electron chi connectivity index (χ2n) is 6.88. The molecular formula is C15H26O2Si2. The van der Waals surface area contributed by atoms with Gasteiger partial charge >= 0.3 is 0 Å². The third-order valence-electron chi connectivity index (χ3n) is 4.74. The van der Waals surface area contributed by atoms with Crippen molar-refractivity contribution < 1.29 is 8.85 Å². The summed E-state index contributed by atoms with van der Waals surface area (Å²) < 4.78 is 12.8. The molecule has 1 fully saturated rings. The van der Waals surface area contributed by atoms with E-state index in [4.69, 9.17) is 8.85 Å². The van der Waals surface area contributed by atoms with Crippen LogP contribution in [0, 0.1) is 11.3 Å². The van der Waals surface area contributed by atoms with E-state index in [0.29, 0.717) is 16.4 Å². The molecule has 0 radical (unpaired) electrons. The van der Waals surface area contributed by atoms with Crippen molar-refractivity contribution in [2.75, 3.05) is 0 Å². The summed E-state index contributed by atoms with van der Waals surface area (Å²) in [5, 5.41) is 0. The Morgan fingerprint density at radius 3 is 2.37 bits per heavy atom. The van der Waals surface area contributed by atoms with Gasteiger partial charge in [-0.15, -0.1) is 0 Å². The molecule has 0 aromatic heterocycles. The number of hydrogen-bond acceptors (Lipinski definition) is 2. The van der Waals surface area contributed by atoms with E-state index in [2.05, 4.69) is 58.1 Å². The van der Waals surface area contributed by atoms with Crippen molar-refractivity contribution in [3.63, 3.8) is 0 Å². The third-order valence-corrected chi connectivity index (χ3v) is 7.75. The summed E-state index contributed by atoms with van der Waals surface area (Å²) in [6, 6.07) is 11.7. The Bertz CT molecular complexity index is 445. The predicted molar refractivity (Wildman–Crippen MR) is 85.5 cm³/mol. The van der Waals surface area contributed by atoms with Gasteiger partial charge in [-0.3, -0.25) is 0 Å². The summed E-state index contributed by atoms with van der Waals surface area (Å²) in [7, 11) is -1.01. The molecule has 0 bridgehead atoms. The van der Waals surface area contributed by atoms with Gasteiger partial charge in [0.15, 0.2) is 14.1 Å². The molecule has 4 heteroatoms. The first-order chi connectivity index (χ1) is 8.75. The standard InChI is InChI=1S/C15H26O2Si2/c1-12-11-19(4,5)17-15(16-18,14(12,2)3)13-9-7-6-8-10-13/h6-10,12H,11H2,1-5,18H3. The van der Waals surface area contributed by atoms with Crippen LogP contribution in [-0.4, -0.2) is 18.8 Å². The lowest BCUT2D eigenvalue weighted by Gasteiger charge is -2.57. The fraction of sp³-hybridized carbons (Fsp3) is 0.600. The van der Waals surface area contributed by atoms with Crippen molar-refractivity contribution in [2.24, 2.45) is 11.3 Å². The quantitative estimate of drug-likeness (QED) is 0.781. The first-order valence-corrected chi connectivity index (χ1v) is 11.0. The van der Waals surface area contributed by atoms with Gasteiger partial charge in [-0.25, -0.2) is 0 Å². The van der Waals surface area contributed by atoms with Crippen LogP contribution in [0.1, 0.15) is 26.3 Å². The van der Waals surface area contributed by atoms with Gasteiger partial charge in [0, 0.05) is 11.0 Å². The molecule has 2 nitrogen and oxygen atoms in total. The molecule has 0 N–H and O–H groups in total. The van der Waals surface area contributed by atoms with Gasteiger partial charge in [-0.1, -0.05) is 51.1 Å². The van der Waals surface area contributed by atoms with Gasteiger partial charge in [0.1, 0.15) is 10.5 Å². The Labute approximate surface area is 121 Å². The summed E-state index contributed by atoms with van der Waals surface area (Å²) in [6.45, 7) is 11.5. The highest BCUT2D eigenvalue weighted by atomic mass is 28.4. The minimum Gasteiger partial charge on any atom is -0.398 e. The van der Waals surface area contributed by atoms with Crippen LogP contribution in [0.5, 0.6) is 0 Å². The van der Waals surface area contributed by atoms with Crippen molar-refractivity contribution in [3.8, 4) is 0 Å². The smallest absolute Gasteiger partial charge is 0.191 e. The second-order valence-corrected chi connectivity index (χ2v) is 11.4. The van der Waals surface area contributed by atoms with Crippen LogP contribution in [-0.2, 0) is 14.6 Å². The number of rotatable bonds is 2. The summed E-state index contributed by atoms with van der Waals surface area (Å²) in [6.07, 6.45) is 0. The van der Waals surface area contributed by atoms with Gasteiger partial charge in [0.05, 0.1) is 0 Å². The molecule has 2 unspecified atom stereocenters. The maximum Gasteiger partial charge on any atom is 0.191 e. The monoisotopic (exact) mass is 294 g/mol. The zero-order valence-corrected chi connectivity index (χ0v) is 16.0. The molecule has 19 heavy (non-hydrogen) atoms. The molecular weight excluding hydrogens is 268 g/mol. The van der Waals surface area contributed by atoms with Gasteiger partial charge in [-0.2, -0.15) is 0 Å². The SMILES string of the molecule is CC1C[Si](C)(C)OC(O[SiH3])(c2ccccc2)C1(C)C. The average Bonchev–Trinajstić information content (AvgIpc) is 2.35. The maximum absolute atomic E-state index is 6.63. The Balaban J connectivity index is 2.57. The molecule has 1 heterocycles.